The SMILES string of the molecule is CCC1(N)C(c2ncc(N3CCOCC3)cc2Cc2cc(C(F)(F)F)cc(C(F)(F)F)c2)Cc2nc(OC)ccc2N1C(=O)O.O=C(O)CCOCCC(=O)O. The Morgan fingerprint density at radius 1 is 0.946 bits per heavy atom. The van der Waals surface area contributed by atoms with Crippen LogP contribution in [-0.2, 0) is 44.3 Å². The van der Waals surface area contributed by atoms with Crippen LogP contribution in [0.25, 0.3) is 0 Å². The second-order valence-electron chi connectivity index (χ2n) is 12.9. The summed E-state index contributed by atoms with van der Waals surface area (Å²) in [6.07, 6.45) is -10.2. The fourth-order valence-corrected chi connectivity index (χ4v) is 6.43. The van der Waals surface area contributed by atoms with Gasteiger partial charge < -0.3 is 40.2 Å². The Bertz CT molecular complexity index is 1830. The molecule has 4 heterocycles. The highest BCUT2D eigenvalue weighted by Crippen LogP contribution is 2.46. The summed E-state index contributed by atoms with van der Waals surface area (Å²) in [5.74, 6) is -2.55. The summed E-state index contributed by atoms with van der Waals surface area (Å²) in [7, 11) is 1.40. The van der Waals surface area contributed by atoms with Crippen molar-refractivity contribution < 1.29 is 70.3 Å². The van der Waals surface area contributed by atoms with Crippen molar-refractivity contribution >= 4 is 29.4 Å². The predicted octanol–water partition coefficient (Wildman–Crippen LogP) is 5.79. The van der Waals surface area contributed by atoms with Crippen molar-refractivity contribution in [1.82, 2.24) is 9.97 Å². The number of alkyl halides is 6. The first kappa shape index (κ1) is 43.5. The molecule has 20 heteroatoms. The van der Waals surface area contributed by atoms with E-state index in [4.69, 9.17) is 30.2 Å². The number of rotatable bonds is 12. The fraction of sp³-hybridized carbons (Fsp3) is 0.472. The highest BCUT2D eigenvalue weighted by molar-refractivity contribution is 5.90. The van der Waals surface area contributed by atoms with Crippen LogP contribution in [0.1, 0.15) is 65.7 Å². The summed E-state index contributed by atoms with van der Waals surface area (Å²) in [4.78, 5) is 44.5. The van der Waals surface area contributed by atoms with Gasteiger partial charge in [-0.15, -0.1) is 0 Å². The zero-order chi connectivity index (χ0) is 41.4. The van der Waals surface area contributed by atoms with Gasteiger partial charge in [-0.2, -0.15) is 26.3 Å². The number of amides is 1. The van der Waals surface area contributed by atoms with E-state index < -0.39 is 53.1 Å². The van der Waals surface area contributed by atoms with Gasteiger partial charge in [0.15, 0.2) is 0 Å². The Hall–Kier alpha value is -5.21. The standard InChI is InChI=1S/C30H31F6N5O4.C6H10O5/c1-3-28(37)22(15-23-24(41(28)27(42)43)4-5-25(39-23)44-2)26-18(13-21(16-38-26)40-6-8-45-9-7-40)10-17-11-19(29(31,32)33)14-20(12-17)30(34,35)36;7-5(8)1-3-11-4-2-6(9)10/h4-5,11-14,16,22H,3,6-10,15,37H2,1-2H3,(H,42,43);1-4H2,(H,7,8)(H,9,10). The number of nitrogens with two attached hydrogens (primary N) is 1. The van der Waals surface area contributed by atoms with Crippen molar-refractivity contribution in [3.05, 3.63) is 76.2 Å². The van der Waals surface area contributed by atoms with Crippen LogP contribution < -0.4 is 20.3 Å². The summed E-state index contributed by atoms with van der Waals surface area (Å²) in [5.41, 5.74) is 3.88. The van der Waals surface area contributed by atoms with Crippen molar-refractivity contribution in [2.75, 3.05) is 56.4 Å². The maximum absolute atomic E-state index is 13.7. The van der Waals surface area contributed by atoms with E-state index in [1.165, 1.54) is 19.2 Å². The van der Waals surface area contributed by atoms with Crippen LogP contribution in [0, 0.1) is 0 Å². The zero-order valence-corrected chi connectivity index (χ0v) is 30.3. The Morgan fingerprint density at radius 2 is 1.54 bits per heavy atom. The molecule has 0 spiro atoms. The first-order valence-electron chi connectivity index (χ1n) is 17.3. The lowest BCUT2D eigenvalue weighted by Crippen LogP contribution is -2.64. The van der Waals surface area contributed by atoms with Gasteiger partial charge in [0.25, 0.3) is 0 Å². The number of morpholine rings is 1. The van der Waals surface area contributed by atoms with Gasteiger partial charge in [-0.05, 0) is 54.3 Å². The minimum atomic E-state index is -5.03. The number of benzene rings is 1. The van der Waals surface area contributed by atoms with E-state index in [1.807, 2.05) is 4.90 Å². The number of aliphatic carboxylic acids is 2. The third-order valence-electron chi connectivity index (χ3n) is 9.21. The summed E-state index contributed by atoms with van der Waals surface area (Å²) in [5, 5.41) is 26.6. The third kappa shape index (κ3) is 10.8. The molecule has 2 unspecified atom stereocenters. The number of hydrogen-bond donors (Lipinski definition) is 4. The molecule has 1 fully saturated rings. The van der Waals surface area contributed by atoms with Gasteiger partial charge in [-0.1, -0.05) is 6.92 Å². The van der Waals surface area contributed by atoms with Crippen LogP contribution in [0.2, 0.25) is 0 Å². The Balaban J connectivity index is 0.000000552. The van der Waals surface area contributed by atoms with Crippen LogP contribution in [0.5, 0.6) is 5.88 Å². The molecule has 1 saturated heterocycles. The minimum Gasteiger partial charge on any atom is -0.481 e. The maximum Gasteiger partial charge on any atom is 0.416 e. The van der Waals surface area contributed by atoms with E-state index in [-0.39, 0.29) is 74.2 Å². The number of methoxy groups -OCH3 is 1. The second kappa shape index (κ2) is 18.2. The lowest BCUT2D eigenvalue weighted by atomic mass is 9.77. The van der Waals surface area contributed by atoms with Crippen LogP contribution >= 0.6 is 0 Å². The molecule has 2 atom stereocenters. The van der Waals surface area contributed by atoms with Crippen molar-refractivity contribution in [2.45, 2.75) is 63.0 Å². The normalized spacial score (nSPS) is 18.4. The number of pyridine rings is 2. The van der Waals surface area contributed by atoms with Crippen LogP contribution in [-0.4, -0.2) is 95.6 Å². The molecule has 0 radical (unpaired) electrons. The number of aromatic nitrogens is 2. The molecule has 56 heavy (non-hydrogen) atoms. The molecular formula is C36H41F6N5O9. The molecule has 1 amide bonds. The van der Waals surface area contributed by atoms with Gasteiger partial charge in [0, 0.05) is 31.5 Å². The van der Waals surface area contributed by atoms with Gasteiger partial charge in [0.05, 0.1) is 86.5 Å². The van der Waals surface area contributed by atoms with Gasteiger partial charge in [-0.25, -0.2) is 9.78 Å². The van der Waals surface area contributed by atoms with Crippen LogP contribution in [0.3, 0.4) is 0 Å². The van der Waals surface area contributed by atoms with Crippen molar-refractivity contribution in [1.29, 1.82) is 0 Å². The topological polar surface area (TPSA) is 198 Å². The Morgan fingerprint density at radius 3 is 2.04 bits per heavy atom. The van der Waals surface area contributed by atoms with Gasteiger partial charge in [0.2, 0.25) is 5.88 Å². The van der Waals surface area contributed by atoms with E-state index in [2.05, 4.69) is 9.97 Å². The molecule has 2 aromatic heterocycles. The summed E-state index contributed by atoms with van der Waals surface area (Å²) in [6, 6.07) is 6.13. The molecule has 0 bridgehead atoms. The quantitative estimate of drug-likeness (QED) is 0.127. The number of halogens is 6. The van der Waals surface area contributed by atoms with E-state index in [0.29, 0.717) is 55.4 Å². The largest absolute Gasteiger partial charge is 0.481 e. The van der Waals surface area contributed by atoms with Gasteiger partial charge >= 0.3 is 30.4 Å². The molecule has 2 aliphatic rings. The van der Waals surface area contributed by atoms with E-state index in [9.17, 15) is 45.8 Å². The lowest BCUT2D eigenvalue weighted by molar-refractivity contribution is -0.143. The molecule has 5 N–H and O–H groups in total. The van der Waals surface area contributed by atoms with Crippen LogP contribution in [0.4, 0.5) is 42.5 Å². The second-order valence-corrected chi connectivity index (χ2v) is 12.9. The number of carbonyl (C=O) groups is 3. The molecule has 2 aliphatic heterocycles. The number of ether oxygens (including phenoxy) is 3. The van der Waals surface area contributed by atoms with Crippen molar-refractivity contribution in [2.24, 2.45) is 5.73 Å². The number of fused-ring (bicyclic) bond motifs is 1. The van der Waals surface area contributed by atoms with Crippen molar-refractivity contribution in [3.63, 3.8) is 0 Å². The number of carboxylic acids is 2. The fourth-order valence-electron chi connectivity index (χ4n) is 6.43. The Labute approximate surface area is 316 Å². The molecule has 0 saturated carbocycles. The average Bonchev–Trinajstić information content (AvgIpc) is 3.13. The Kier molecular flexibility index (Phi) is 14.1. The van der Waals surface area contributed by atoms with Crippen molar-refractivity contribution in [3.8, 4) is 5.88 Å². The zero-order valence-electron chi connectivity index (χ0n) is 30.3. The monoisotopic (exact) mass is 801 g/mol. The van der Waals surface area contributed by atoms with E-state index >= 15 is 0 Å². The number of carboxylic acid groups (broad SMARTS) is 3. The van der Waals surface area contributed by atoms with Gasteiger partial charge in [-0.3, -0.25) is 19.5 Å². The molecular weight excluding hydrogens is 760 g/mol. The highest BCUT2D eigenvalue weighted by atomic mass is 19.4. The van der Waals surface area contributed by atoms with E-state index in [0.717, 1.165) is 4.90 Å². The maximum atomic E-state index is 13.7. The van der Waals surface area contributed by atoms with Crippen LogP contribution in [0.15, 0.2) is 42.6 Å². The number of nitrogens with zero attached hydrogens (tertiary/aromatic N) is 4. The molecule has 14 nitrogen and oxygen atoms in total. The lowest BCUT2D eigenvalue weighted by Gasteiger charge is -2.48. The summed E-state index contributed by atoms with van der Waals surface area (Å²) >= 11 is 0. The van der Waals surface area contributed by atoms with Gasteiger partial charge in [0.1, 0.15) is 5.66 Å². The number of hydrogen-bond acceptors (Lipinski definition) is 10. The number of anilines is 2. The van der Waals surface area contributed by atoms with E-state index in [1.54, 1.807) is 19.2 Å². The molecule has 1 aromatic carbocycles. The first-order chi connectivity index (χ1) is 26.3. The molecule has 5 rings (SSSR count). The summed E-state index contributed by atoms with van der Waals surface area (Å²) < 4.78 is 97.7. The summed E-state index contributed by atoms with van der Waals surface area (Å²) in [6.45, 7) is 3.65. The molecule has 306 valence electrons. The average molecular weight is 802 g/mol. The third-order valence-corrected chi connectivity index (χ3v) is 9.21. The first-order valence-corrected chi connectivity index (χ1v) is 17.3. The minimum absolute atomic E-state index is 0.0720. The smallest absolute Gasteiger partial charge is 0.416 e. The predicted molar refractivity (Wildman–Crippen MR) is 187 cm³/mol. The molecule has 3 aromatic rings. The highest BCUT2D eigenvalue weighted by Gasteiger charge is 2.50. The molecule has 0 aliphatic carbocycles.